The highest BCUT2D eigenvalue weighted by Crippen LogP contribution is 2.25. The second-order valence-corrected chi connectivity index (χ2v) is 5.96. The molecule has 1 aromatic carbocycles. The standard InChI is InChI=1S/C15H21BrN2O2/c1-3-7-17-14-9-20-8-11(14)15(19)18-13-6-4-5-12(16)10(13)2/h4-6,11,14,17H,3,7-9H2,1-2H3,(H,18,19). The summed E-state index contributed by atoms with van der Waals surface area (Å²) in [6.07, 6.45) is 1.05. The van der Waals surface area contributed by atoms with Gasteiger partial charge in [-0.15, -0.1) is 0 Å². The summed E-state index contributed by atoms with van der Waals surface area (Å²) in [5.41, 5.74) is 1.89. The lowest BCUT2D eigenvalue weighted by molar-refractivity contribution is -0.120. The predicted molar refractivity (Wildman–Crippen MR) is 83.9 cm³/mol. The van der Waals surface area contributed by atoms with E-state index in [1.54, 1.807) is 0 Å². The van der Waals surface area contributed by atoms with Gasteiger partial charge in [-0.25, -0.2) is 0 Å². The number of amides is 1. The molecular weight excluding hydrogens is 320 g/mol. The van der Waals surface area contributed by atoms with Crippen molar-refractivity contribution in [3.05, 3.63) is 28.2 Å². The van der Waals surface area contributed by atoms with Crippen LogP contribution >= 0.6 is 15.9 Å². The zero-order valence-electron chi connectivity index (χ0n) is 11.9. The Bertz CT molecular complexity index is 479. The summed E-state index contributed by atoms with van der Waals surface area (Å²) >= 11 is 3.48. The highest BCUT2D eigenvalue weighted by Gasteiger charge is 2.33. The van der Waals surface area contributed by atoms with Gasteiger partial charge in [-0.05, 0) is 37.6 Å². The Balaban J connectivity index is 2.02. The van der Waals surface area contributed by atoms with Crippen molar-refractivity contribution in [1.29, 1.82) is 0 Å². The van der Waals surface area contributed by atoms with Gasteiger partial charge < -0.3 is 15.4 Å². The van der Waals surface area contributed by atoms with Gasteiger partial charge in [-0.2, -0.15) is 0 Å². The summed E-state index contributed by atoms with van der Waals surface area (Å²) in [7, 11) is 0. The first-order valence-electron chi connectivity index (χ1n) is 7.00. The number of carbonyl (C=O) groups is 1. The molecule has 2 N–H and O–H groups in total. The number of hydrogen-bond acceptors (Lipinski definition) is 3. The summed E-state index contributed by atoms with van der Waals surface area (Å²) in [6, 6.07) is 5.92. The summed E-state index contributed by atoms with van der Waals surface area (Å²) in [6.45, 7) is 6.10. The average Bonchev–Trinajstić information content (AvgIpc) is 2.90. The van der Waals surface area contributed by atoms with E-state index in [2.05, 4.69) is 33.5 Å². The maximum absolute atomic E-state index is 12.4. The van der Waals surface area contributed by atoms with E-state index in [0.717, 1.165) is 28.7 Å². The smallest absolute Gasteiger partial charge is 0.231 e. The summed E-state index contributed by atoms with van der Waals surface area (Å²) < 4.78 is 6.45. The molecule has 0 spiro atoms. The molecule has 1 aliphatic heterocycles. The van der Waals surface area contributed by atoms with Crippen LogP contribution in [0.5, 0.6) is 0 Å². The quantitative estimate of drug-likeness (QED) is 0.866. The van der Waals surface area contributed by atoms with E-state index in [0.29, 0.717) is 13.2 Å². The van der Waals surface area contributed by atoms with E-state index in [4.69, 9.17) is 4.74 Å². The average molecular weight is 341 g/mol. The fraction of sp³-hybridized carbons (Fsp3) is 0.533. The van der Waals surface area contributed by atoms with Crippen LogP contribution in [0.1, 0.15) is 18.9 Å². The molecule has 4 nitrogen and oxygen atoms in total. The zero-order chi connectivity index (χ0) is 14.5. The molecule has 20 heavy (non-hydrogen) atoms. The van der Waals surface area contributed by atoms with Gasteiger partial charge in [0.25, 0.3) is 0 Å². The summed E-state index contributed by atoms with van der Waals surface area (Å²) in [4.78, 5) is 12.4. The molecule has 1 saturated heterocycles. The lowest BCUT2D eigenvalue weighted by Crippen LogP contribution is -2.41. The molecule has 1 amide bonds. The molecule has 2 rings (SSSR count). The third-order valence-corrected chi connectivity index (χ3v) is 4.46. The number of ether oxygens (including phenoxy) is 1. The van der Waals surface area contributed by atoms with Crippen molar-refractivity contribution < 1.29 is 9.53 Å². The van der Waals surface area contributed by atoms with Gasteiger partial charge in [0.1, 0.15) is 0 Å². The number of hydrogen-bond donors (Lipinski definition) is 2. The normalized spacial score (nSPS) is 21.9. The van der Waals surface area contributed by atoms with Crippen LogP contribution in [0.2, 0.25) is 0 Å². The van der Waals surface area contributed by atoms with E-state index < -0.39 is 0 Å². The van der Waals surface area contributed by atoms with Gasteiger partial charge in [-0.1, -0.05) is 28.9 Å². The largest absolute Gasteiger partial charge is 0.379 e. The first kappa shape index (κ1) is 15.5. The van der Waals surface area contributed by atoms with Crippen molar-refractivity contribution in [2.45, 2.75) is 26.3 Å². The molecule has 5 heteroatoms. The second-order valence-electron chi connectivity index (χ2n) is 5.11. The molecule has 110 valence electrons. The number of benzene rings is 1. The Morgan fingerprint density at radius 2 is 2.25 bits per heavy atom. The maximum Gasteiger partial charge on any atom is 0.231 e. The van der Waals surface area contributed by atoms with E-state index >= 15 is 0 Å². The second kappa shape index (κ2) is 7.20. The first-order chi connectivity index (χ1) is 9.63. The van der Waals surface area contributed by atoms with E-state index in [9.17, 15) is 4.79 Å². The molecule has 2 atom stereocenters. The van der Waals surface area contributed by atoms with Gasteiger partial charge in [0.05, 0.1) is 19.1 Å². The molecule has 1 fully saturated rings. The van der Waals surface area contributed by atoms with Crippen LogP contribution in [0, 0.1) is 12.8 Å². The van der Waals surface area contributed by atoms with Crippen LogP contribution in [0.25, 0.3) is 0 Å². The topological polar surface area (TPSA) is 50.4 Å². The first-order valence-corrected chi connectivity index (χ1v) is 7.80. The van der Waals surface area contributed by atoms with Crippen molar-refractivity contribution >= 4 is 27.5 Å². The van der Waals surface area contributed by atoms with Crippen LogP contribution < -0.4 is 10.6 Å². The highest BCUT2D eigenvalue weighted by molar-refractivity contribution is 9.10. The Labute approximate surface area is 128 Å². The van der Waals surface area contributed by atoms with Crippen LogP contribution in [0.3, 0.4) is 0 Å². The Morgan fingerprint density at radius 3 is 3.00 bits per heavy atom. The minimum Gasteiger partial charge on any atom is -0.379 e. The molecule has 1 heterocycles. The molecule has 0 aromatic heterocycles. The highest BCUT2D eigenvalue weighted by atomic mass is 79.9. The number of halogens is 1. The molecule has 0 saturated carbocycles. The van der Waals surface area contributed by atoms with Crippen molar-refractivity contribution in [3.8, 4) is 0 Å². The van der Waals surface area contributed by atoms with Crippen molar-refractivity contribution in [1.82, 2.24) is 5.32 Å². The minimum absolute atomic E-state index is 0.0253. The van der Waals surface area contributed by atoms with Gasteiger partial charge in [0, 0.05) is 16.2 Å². The Morgan fingerprint density at radius 1 is 1.45 bits per heavy atom. The van der Waals surface area contributed by atoms with Crippen LogP contribution in [0.4, 0.5) is 5.69 Å². The molecule has 1 aromatic rings. The molecule has 1 aliphatic rings. The van der Waals surface area contributed by atoms with E-state index in [-0.39, 0.29) is 17.9 Å². The maximum atomic E-state index is 12.4. The summed E-state index contributed by atoms with van der Waals surface area (Å²) in [5.74, 6) is -0.0998. The third-order valence-electron chi connectivity index (χ3n) is 3.60. The fourth-order valence-electron chi connectivity index (χ4n) is 2.31. The van der Waals surface area contributed by atoms with Gasteiger partial charge in [-0.3, -0.25) is 4.79 Å². The molecule has 0 bridgehead atoms. The number of carbonyl (C=O) groups excluding carboxylic acids is 1. The van der Waals surface area contributed by atoms with Crippen LogP contribution in [-0.2, 0) is 9.53 Å². The minimum atomic E-state index is -0.125. The molecule has 2 unspecified atom stereocenters. The monoisotopic (exact) mass is 340 g/mol. The number of nitrogens with one attached hydrogen (secondary N) is 2. The van der Waals surface area contributed by atoms with Gasteiger partial charge in [0.15, 0.2) is 0 Å². The van der Waals surface area contributed by atoms with Gasteiger partial charge >= 0.3 is 0 Å². The molecule has 0 aliphatic carbocycles. The van der Waals surface area contributed by atoms with Crippen LogP contribution in [0.15, 0.2) is 22.7 Å². The van der Waals surface area contributed by atoms with Crippen molar-refractivity contribution in [2.75, 3.05) is 25.1 Å². The molecular formula is C15H21BrN2O2. The van der Waals surface area contributed by atoms with Crippen LogP contribution in [-0.4, -0.2) is 31.7 Å². The summed E-state index contributed by atoms with van der Waals surface area (Å²) in [5, 5.41) is 6.39. The Kier molecular flexibility index (Phi) is 5.57. The Hall–Kier alpha value is -0.910. The van der Waals surface area contributed by atoms with E-state index in [1.807, 2.05) is 25.1 Å². The predicted octanol–water partition coefficient (Wildman–Crippen LogP) is 2.71. The van der Waals surface area contributed by atoms with Gasteiger partial charge in [0.2, 0.25) is 5.91 Å². The molecule has 0 radical (unpaired) electrons. The zero-order valence-corrected chi connectivity index (χ0v) is 13.5. The fourth-order valence-corrected chi connectivity index (χ4v) is 2.68. The SMILES string of the molecule is CCCNC1COCC1C(=O)Nc1cccc(Br)c1C. The third kappa shape index (κ3) is 3.59. The lowest BCUT2D eigenvalue weighted by atomic mass is 10.0. The number of rotatable bonds is 5. The lowest BCUT2D eigenvalue weighted by Gasteiger charge is -2.19. The van der Waals surface area contributed by atoms with Crippen molar-refractivity contribution in [2.24, 2.45) is 5.92 Å². The number of anilines is 1. The van der Waals surface area contributed by atoms with E-state index in [1.165, 1.54) is 0 Å². The van der Waals surface area contributed by atoms with Crippen molar-refractivity contribution in [3.63, 3.8) is 0 Å².